The molecule has 1 aliphatic carbocycles. The molecule has 1 atom stereocenters. The van der Waals surface area contributed by atoms with Gasteiger partial charge in [0.05, 0.1) is 17.7 Å². The van der Waals surface area contributed by atoms with Gasteiger partial charge in [-0.25, -0.2) is 4.79 Å². The molecule has 0 aromatic heterocycles. The van der Waals surface area contributed by atoms with E-state index in [1.165, 1.54) is 19.3 Å². The van der Waals surface area contributed by atoms with E-state index in [0.717, 1.165) is 36.1 Å². The third-order valence-corrected chi connectivity index (χ3v) is 6.23. The summed E-state index contributed by atoms with van der Waals surface area (Å²) in [7, 11) is 0. The van der Waals surface area contributed by atoms with Gasteiger partial charge in [0.25, 0.3) is 0 Å². The summed E-state index contributed by atoms with van der Waals surface area (Å²) in [6, 6.07) is 16.0. The van der Waals surface area contributed by atoms with Crippen LogP contribution in [0.5, 0.6) is 0 Å². The molecule has 2 N–H and O–H groups in total. The second-order valence-electron chi connectivity index (χ2n) is 8.32. The van der Waals surface area contributed by atoms with Gasteiger partial charge >= 0.3 is 6.03 Å². The first-order valence-corrected chi connectivity index (χ1v) is 11.1. The maximum Gasteiger partial charge on any atom is 0.315 e. The summed E-state index contributed by atoms with van der Waals surface area (Å²) in [5, 5.41) is 16.3. The number of halogens is 1. The summed E-state index contributed by atoms with van der Waals surface area (Å²) in [5.74, 6) is 0. The fourth-order valence-electron chi connectivity index (χ4n) is 4.58. The summed E-state index contributed by atoms with van der Waals surface area (Å²) in [5.41, 5.74) is 3.96. The standard InChI is InChI=1S/C24H27ClN4O/c25-20-6-4-5-18(12-20)15-29-16-22(13-19-11-17(14-26)9-10-23(19)29)28-24(30)27-21-7-2-1-3-8-21/h4-6,9-12,21-22H,1-3,7-8,13,15-16H2,(H2,27,28,30). The molecule has 2 aromatic carbocycles. The van der Waals surface area contributed by atoms with Gasteiger partial charge in [-0.2, -0.15) is 5.26 Å². The highest BCUT2D eigenvalue weighted by atomic mass is 35.5. The maximum atomic E-state index is 12.6. The van der Waals surface area contributed by atoms with Crippen molar-refractivity contribution in [2.45, 2.75) is 57.2 Å². The number of urea groups is 1. The van der Waals surface area contributed by atoms with Crippen molar-refractivity contribution in [3.05, 3.63) is 64.2 Å². The summed E-state index contributed by atoms with van der Waals surface area (Å²) >= 11 is 6.17. The summed E-state index contributed by atoms with van der Waals surface area (Å²) in [6.45, 7) is 1.41. The Labute approximate surface area is 183 Å². The normalized spacial score (nSPS) is 18.9. The smallest absolute Gasteiger partial charge is 0.315 e. The predicted octanol–water partition coefficient (Wildman–Crippen LogP) is 4.77. The third kappa shape index (κ3) is 5.06. The van der Waals surface area contributed by atoms with Crippen LogP contribution in [0.4, 0.5) is 10.5 Å². The number of nitriles is 1. The Hall–Kier alpha value is -2.71. The van der Waals surface area contributed by atoms with Crippen LogP contribution in [0.2, 0.25) is 5.02 Å². The summed E-state index contributed by atoms with van der Waals surface area (Å²) in [6.07, 6.45) is 6.48. The van der Waals surface area contributed by atoms with Crippen LogP contribution in [0, 0.1) is 11.3 Å². The maximum absolute atomic E-state index is 12.6. The molecule has 2 aromatic rings. The van der Waals surface area contributed by atoms with Crippen LogP contribution in [0.25, 0.3) is 0 Å². The van der Waals surface area contributed by atoms with Crippen molar-refractivity contribution in [2.75, 3.05) is 11.4 Å². The zero-order valence-electron chi connectivity index (χ0n) is 17.0. The fourth-order valence-corrected chi connectivity index (χ4v) is 4.80. The van der Waals surface area contributed by atoms with Gasteiger partial charge in [-0.05, 0) is 60.7 Å². The van der Waals surface area contributed by atoms with Gasteiger partial charge in [0.15, 0.2) is 0 Å². The number of carbonyl (C=O) groups is 1. The topological polar surface area (TPSA) is 68.2 Å². The Balaban J connectivity index is 1.50. The zero-order chi connectivity index (χ0) is 20.9. The highest BCUT2D eigenvalue weighted by Gasteiger charge is 2.27. The first kappa shape index (κ1) is 20.6. The molecule has 0 spiro atoms. The van der Waals surface area contributed by atoms with Gasteiger partial charge in [0.2, 0.25) is 0 Å². The highest BCUT2D eigenvalue weighted by molar-refractivity contribution is 6.30. The number of hydrogen-bond acceptors (Lipinski definition) is 3. The molecule has 6 heteroatoms. The number of rotatable bonds is 4. The first-order valence-electron chi connectivity index (χ1n) is 10.7. The van der Waals surface area contributed by atoms with Crippen molar-refractivity contribution in [3.8, 4) is 6.07 Å². The van der Waals surface area contributed by atoms with E-state index in [9.17, 15) is 10.1 Å². The lowest BCUT2D eigenvalue weighted by Gasteiger charge is -2.37. The van der Waals surface area contributed by atoms with Crippen LogP contribution in [0.3, 0.4) is 0 Å². The zero-order valence-corrected chi connectivity index (χ0v) is 17.8. The third-order valence-electron chi connectivity index (χ3n) is 5.99. The van der Waals surface area contributed by atoms with E-state index in [4.69, 9.17) is 11.6 Å². The average Bonchev–Trinajstić information content (AvgIpc) is 2.74. The van der Waals surface area contributed by atoms with Gasteiger partial charge in [0.1, 0.15) is 0 Å². The first-order chi connectivity index (χ1) is 14.6. The van der Waals surface area contributed by atoms with Gasteiger partial charge in [-0.3, -0.25) is 0 Å². The number of fused-ring (bicyclic) bond motifs is 1. The largest absolute Gasteiger partial charge is 0.365 e. The average molecular weight is 423 g/mol. The van der Waals surface area contributed by atoms with E-state index in [-0.39, 0.29) is 18.1 Å². The van der Waals surface area contributed by atoms with Crippen molar-refractivity contribution < 1.29 is 4.79 Å². The van der Waals surface area contributed by atoms with Gasteiger partial charge < -0.3 is 15.5 Å². The number of benzene rings is 2. The van der Waals surface area contributed by atoms with Crippen LogP contribution in [0.1, 0.15) is 48.8 Å². The van der Waals surface area contributed by atoms with E-state index in [0.29, 0.717) is 23.7 Å². The number of nitrogens with one attached hydrogen (secondary N) is 2. The summed E-state index contributed by atoms with van der Waals surface area (Å²) < 4.78 is 0. The predicted molar refractivity (Wildman–Crippen MR) is 120 cm³/mol. The van der Waals surface area contributed by atoms with Crippen LogP contribution < -0.4 is 15.5 Å². The van der Waals surface area contributed by atoms with Gasteiger partial charge in [0, 0.05) is 29.8 Å². The van der Waals surface area contributed by atoms with Crippen molar-refractivity contribution in [1.29, 1.82) is 5.26 Å². The molecule has 1 heterocycles. The van der Waals surface area contributed by atoms with E-state index >= 15 is 0 Å². The molecule has 30 heavy (non-hydrogen) atoms. The van der Waals surface area contributed by atoms with Gasteiger partial charge in [-0.1, -0.05) is 43.0 Å². The molecule has 2 aliphatic rings. The Morgan fingerprint density at radius 2 is 1.90 bits per heavy atom. The van der Waals surface area contributed by atoms with Crippen molar-refractivity contribution >= 4 is 23.3 Å². The second kappa shape index (κ2) is 9.40. The molecule has 1 saturated carbocycles. The molecular formula is C24H27ClN4O. The Kier molecular flexibility index (Phi) is 6.44. The minimum Gasteiger partial charge on any atom is -0.365 e. The molecule has 4 rings (SSSR count). The molecule has 2 amide bonds. The van der Waals surface area contributed by atoms with Crippen LogP contribution >= 0.6 is 11.6 Å². The lowest BCUT2D eigenvalue weighted by Crippen LogP contribution is -2.52. The number of nitrogens with zero attached hydrogens (tertiary/aromatic N) is 2. The van der Waals surface area contributed by atoms with Crippen LogP contribution in [-0.2, 0) is 13.0 Å². The molecule has 1 aliphatic heterocycles. The Morgan fingerprint density at radius 1 is 1.10 bits per heavy atom. The van der Waals surface area contributed by atoms with Crippen LogP contribution in [-0.4, -0.2) is 24.7 Å². The number of anilines is 1. The lowest BCUT2D eigenvalue weighted by atomic mass is 9.95. The fraction of sp³-hybridized carbons (Fsp3) is 0.417. The summed E-state index contributed by atoms with van der Waals surface area (Å²) in [4.78, 5) is 14.9. The molecule has 0 saturated heterocycles. The second-order valence-corrected chi connectivity index (χ2v) is 8.76. The lowest BCUT2D eigenvalue weighted by molar-refractivity contribution is 0.228. The van der Waals surface area contributed by atoms with E-state index in [2.05, 4.69) is 27.7 Å². The quantitative estimate of drug-likeness (QED) is 0.745. The SMILES string of the molecule is N#Cc1ccc2c(c1)CC(NC(=O)NC1CCCCC1)CN2Cc1cccc(Cl)c1. The van der Waals surface area contributed by atoms with Crippen molar-refractivity contribution in [3.63, 3.8) is 0 Å². The molecule has 156 valence electrons. The minimum absolute atomic E-state index is 0.0192. The van der Waals surface area contributed by atoms with Crippen LogP contribution in [0.15, 0.2) is 42.5 Å². The Bertz CT molecular complexity index is 948. The molecule has 1 unspecified atom stereocenters. The van der Waals surface area contributed by atoms with E-state index < -0.39 is 0 Å². The monoisotopic (exact) mass is 422 g/mol. The van der Waals surface area contributed by atoms with Gasteiger partial charge in [-0.15, -0.1) is 0 Å². The van der Waals surface area contributed by atoms with E-state index in [1.807, 2.05) is 36.4 Å². The number of carbonyl (C=O) groups excluding carboxylic acids is 1. The molecule has 0 bridgehead atoms. The van der Waals surface area contributed by atoms with E-state index in [1.54, 1.807) is 0 Å². The van der Waals surface area contributed by atoms with Crippen molar-refractivity contribution in [2.24, 2.45) is 0 Å². The number of amides is 2. The molecular weight excluding hydrogens is 396 g/mol. The van der Waals surface area contributed by atoms with Crippen molar-refractivity contribution in [1.82, 2.24) is 10.6 Å². The number of hydrogen-bond donors (Lipinski definition) is 2. The molecule has 1 fully saturated rings. The molecule has 0 radical (unpaired) electrons. The molecule has 5 nitrogen and oxygen atoms in total. The highest BCUT2D eigenvalue weighted by Crippen LogP contribution is 2.30. The Morgan fingerprint density at radius 3 is 2.67 bits per heavy atom. The minimum atomic E-state index is -0.0884.